The Morgan fingerprint density at radius 2 is 1.96 bits per heavy atom. The third-order valence-electron chi connectivity index (χ3n) is 5.00. The first-order valence-electron chi connectivity index (χ1n) is 8.40. The summed E-state index contributed by atoms with van der Waals surface area (Å²) in [4.78, 5) is 38.3. The van der Waals surface area contributed by atoms with E-state index in [1.807, 2.05) is 0 Å². The van der Waals surface area contributed by atoms with Crippen LogP contribution in [0.4, 0.5) is 0 Å². The molecular weight excluding hydrogens is 294 g/mol. The Morgan fingerprint density at radius 3 is 2.65 bits per heavy atom. The zero-order valence-electron chi connectivity index (χ0n) is 13.2. The summed E-state index contributed by atoms with van der Waals surface area (Å²) in [5, 5.41) is 3.07. The van der Waals surface area contributed by atoms with Gasteiger partial charge in [0.2, 0.25) is 5.91 Å². The lowest BCUT2D eigenvalue weighted by Crippen LogP contribution is -2.34. The van der Waals surface area contributed by atoms with Crippen LogP contribution in [0.3, 0.4) is 0 Å². The average molecular weight is 317 g/mol. The van der Waals surface area contributed by atoms with Crippen LogP contribution in [-0.2, 0) is 11.2 Å². The summed E-state index contributed by atoms with van der Waals surface area (Å²) in [5.74, 6) is -0.188. The molecule has 0 spiro atoms. The molecule has 1 heterocycles. The van der Waals surface area contributed by atoms with Crippen LogP contribution in [0.1, 0.15) is 72.6 Å². The van der Waals surface area contributed by atoms with Gasteiger partial charge in [0.25, 0.3) is 11.5 Å². The molecule has 1 fully saturated rings. The first-order valence-corrected chi connectivity index (χ1v) is 8.40. The maximum atomic E-state index is 12.3. The lowest BCUT2D eigenvalue weighted by atomic mass is 9.90. The van der Waals surface area contributed by atoms with E-state index in [0.717, 1.165) is 43.4 Å². The summed E-state index contributed by atoms with van der Waals surface area (Å²) in [7, 11) is 0. The largest absolute Gasteiger partial charge is 0.365 e. The van der Waals surface area contributed by atoms with E-state index in [1.54, 1.807) is 6.07 Å². The van der Waals surface area contributed by atoms with Gasteiger partial charge >= 0.3 is 0 Å². The van der Waals surface area contributed by atoms with E-state index in [4.69, 9.17) is 5.73 Å². The molecule has 0 radical (unpaired) electrons. The van der Waals surface area contributed by atoms with E-state index >= 15 is 0 Å². The normalized spacial score (nSPS) is 21.0. The molecule has 2 aliphatic rings. The molecule has 3 rings (SSSR count). The van der Waals surface area contributed by atoms with Crippen LogP contribution in [0.25, 0.3) is 0 Å². The topological polar surface area (TPSA) is 105 Å². The zero-order valence-corrected chi connectivity index (χ0v) is 13.2. The number of amides is 2. The molecular formula is C17H23N3O3. The first kappa shape index (κ1) is 15.8. The molecule has 23 heavy (non-hydrogen) atoms. The third-order valence-corrected chi connectivity index (χ3v) is 5.00. The number of nitrogens with one attached hydrogen (secondary N) is 2. The molecule has 1 aromatic rings. The Morgan fingerprint density at radius 1 is 1.22 bits per heavy atom. The molecule has 0 saturated heterocycles. The average Bonchev–Trinajstić information content (AvgIpc) is 2.99. The van der Waals surface area contributed by atoms with Crippen molar-refractivity contribution in [1.82, 2.24) is 10.3 Å². The van der Waals surface area contributed by atoms with Crippen LogP contribution in [-0.4, -0.2) is 16.8 Å². The van der Waals surface area contributed by atoms with Crippen molar-refractivity contribution in [3.63, 3.8) is 0 Å². The van der Waals surface area contributed by atoms with Crippen molar-refractivity contribution in [2.24, 2.45) is 11.7 Å². The molecule has 0 bridgehead atoms. The van der Waals surface area contributed by atoms with E-state index in [1.165, 1.54) is 12.8 Å². The minimum Gasteiger partial charge on any atom is -0.365 e. The molecule has 1 atom stereocenters. The molecule has 0 aliphatic heterocycles. The van der Waals surface area contributed by atoms with Gasteiger partial charge in [0, 0.05) is 12.1 Å². The molecule has 2 amide bonds. The van der Waals surface area contributed by atoms with Crippen LogP contribution < -0.4 is 16.6 Å². The van der Waals surface area contributed by atoms with E-state index in [0.29, 0.717) is 12.3 Å². The fraction of sp³-hybridized carbons (Fsp3) is 0.588. The summed E-state index contributed by atoms with van der Waals surface area (Å²) < 4.78 is 0. The number of aromatic nitrogens is 1. The summed E-state index contributed by atoms with van der Waals surface area (Å²) in [6.07, 6.45) is 7.72. The Bertz CT molecular complexity index is 674. The number of rotatable bonds is 4. The molecule has 4 N–H and O–H groups in total. The summed E-state index contributed by atoms with van der Waals surface area (Å²) in [6.45, 7) is 0. The number of aromatic amines is 1. The fourth-order valence-corrected chi connectivity index (χ4v) is 3.80. The highest BCUT2D eigenvalue weighted by molar-refractivity contribution is 5.92. The number of hydrogen-bond acceptors (Lipinski definition) is 3. The zero-order chi connectivity index (χ0) is 16.4. The van der Waals surface area contributed by atoms with E-state index in [9.17, 15) is 14.4 Å². The number of nitrogens with two attached hydrogens (primary N) is 1. The van der Waals surface area contributed by atoms with Gasteiger partial charge in [-0.1, -0.05) is 12.8 Å². The molecule has 1 saturated carbocycles. The molecule has 6 nitrogen and oxygen atoms in total. The highest BCUT2D eigenvalue weighted by Gasteiger charge is 2.26. The van der Waals surface area contributed by atoms with Crippen molar-refractivity contribution in [1.29, 1.82) is 0 Å². The number of pyridine rings is 1. The smallest absolute Gasteiger partial charge is 0.261 e. The van der Waals surface area contributed by atoms with Crippen molar-refractivity contribution in [3.05, 3.63) is 33.2 Å². The lowest BCUT2D eigenvalue weighted by molar-refractivity contribution is -0.122. The highest BCUT2D eigenvalue weighted by atomic mass is 16.2. The first-order chi connectivity index (χ1) is 11.0. The summed E-state index contributed by atoms with van der Waals surface area (Å²) in [6, 6.07) is 1.40. The summed E-state index contributed by atoms with van der Waals surface area (Å²) in [5.41, 5.74) is 6.39. The van der Waals surface area contributed by atoms with Gasteiger partial charge < -0.3 is 16.0 Å². The van der Waals surface area contributed by atoms with E-state index < -0.39 is 11.5 Å². The predicted octanol–water partition coefficient (Wildman–Crippen LogP) is 1.55. The Hall–Kier alpha value is -2.11. The number of carbonyl (C=O) groups excluding carboxylic acids is 2. The van der Waals surface area contributed by atoms with Crippen LogP contribution in [0.2, 0.25) is 0 Å². The van der Waals surface area contributed by atoms with Crippen LogP contribution in [0.15, 0.2) is 10.9 Å². The molecule has 124 valence electrons. The summed E-state index contributed by atoms with van der Waals surface area (Å²) >= 11 is 0. The number of carbonyl (C=O) groups is 2. The fourth-order valence-electron chi connectivity index (χ4n) is 3.80. The van der Waals surface area contributed by atoms with Gasteiger partial charge in [-0.3, -0.25) is 14.4 Å². The van der Waals surface area contributed by atoms with Gasteiger partial charge in [-0.05, 0) is 49.7 Å². The second kappa shape index (κ2) is 6.56. The number of aryl methyl sites for hydroxylation is 1. The Labute approximate surface area is 134 Å². The Balaban J connectivity index is 1.77. The van der Waals surface area contributed by atoms with Gasteiger partial charge in [0.15, 0.2) is 0 Å². The number of hydrogen-bond donors (Lipinski definition) is 3. The third kappa shape index (κ3) is 3.46. The van der Waals surface area contributed by atoms with Crippen molar-refractivity contribution in [2.45, 2.75) is 57.4 Å². The standard InChI is InChI=1S/C17H23N3O3/c18-16(22)12-9-11-13(6-3-7-14(11)20-17(12)23)19-15(21)8-10-4-1-2-5-10/h9-10,13H,1-8H2,(H2,18,22)(H,19,21)(H,20,23). The van der Waals surface area contributed by atoms with Crippen LogP contribution in [0, 0.1) is 5.92 Å². The maximum Gasteiger partial charge on any atom is 0.261 e. The molecule has 2 aliphatic carbocycles. The SMILES string of the molecule is NC(=O)c1cc2c([nH]c1=O)CCCC2NC(=O)CC1CCCC1. The van der Waals surface area contributed by atoms with Gasteiger partial charge in [0.05, 0.1) is 6.04 Å². The van der Waals surface area contributed by atoms with Gasteiger partial charge in [-0.2, -0.15) is 0 Å². The van der Waals surface area contributed by atoms with Crippen molar-refractivity contribution < 1.29 is 9.59 Å². The monoisotopic (exact) mass is 317 g/mol. The minimum atomic E-state index is -0.740. The molecule has 1 aromatic heterocycles. The number of primary amides is 1. The maximum absolute atomic E-state index is 12.3. The number of fused-ring (bicyclic) bond motifs is 1. The van der Waals surface area contributed by atoms with Crippen LogP contribution >= 0.6 is 0 Å². The minimum absolute atomic E-state index is 0.0410. The molecule has 1 unspecified atom stereocenters. The number of H-pyrrole nitrogens is 1. The lowest BCUT2D eigenvalue weighted by Gasteiger charge is -2.27. The van der Waals surface area contributed by atoms with Gasteiger partial charge in [-0.25, -0.2) is 0 Å². The quantitative estimate of drug-likeness (QED) is 0.784. The van der Waals surface area contributed by atoms with E-state index in [2.05, 4.69) is 10.3 Å². The van der Waals surface area contributed by atoms with Gasteiger partial charge in [-0.15, -0.1) is 0 Å². The van der Waals surface area contributed by atoms with Crippen LogP contribution in [0.5, 0.6) is 0 Å². The van der Waals surface area contributed by atoms with Crippen molar-refractivity contribution in [3.8, 4) is 0 Å². The molecule has 6 heteroatoms. The Kier molecular flexibility index (Phi) is 4.50. The second-order valence-corrected chi connectivity index (χ2v) is 6.68. The highest BCUT2D eigenvalue weighted by Crippen LogP contribution is 2.30. The van der Waals surface area contributed by atoms with E-state index in [-0.39, 0.29) is 17.5 Å². The van der Waals surface area contributed by atoms with Crippen molar-refractivity contribution >= 4 is 11.8 Å². The van der Waals surface area contributed by atoms with Crippen molar-refractivity contribution in [2.75, 3.05) is 0 Å². The second-order valence-electron chi connectivity index (χ2n) is 6.68. The molecule has 0 aromatic carbocycles. The predicted molar refractivity (Wildman–Crippen MR) is 86.0 cm³/mol. The van der Waals surface area contributed by atoms with Gasteiger partial charge in [0.1, 0.15) is 5.56 Å².